The van der Waals surface area contributed by atoms with Gasteiger partial charge >= 0.3 is 0 Å². The average Bonchev–Trinajstić information content (AvgIpc) is 3.06. The first-order valence-corrected chi connectivity index (χ1v) is 8.99. The molecular formula is C18H18FN3OS. The molecule has 0 spiro atoms. The number of aromatic nitrogens is 2. The number of anilines is 1. The van der Waals surface area contributed by atoms with Crippen LogP contribution in [0.5, 0.6) is 0 Å². The zero-order chi connectivity index (χ0) is 16.5. The van der Waals surface area contributed by atoms with Crippen LogP contribution in [0.2, 0.25) is 0 Å². The van der Waals surface area contributed by atoms with Crippen molar-refractivity contribution in [3.63, 3.8) is 0 Å². The van der Waals surface area contributed by atoms with Crippen molar-refractivity contribution in [3.05, 3.63) is 41.8 Å². The van der Waals surface area contributed by atoms with Crippen molar-refractivity contribution in [1.29, 1.82) is 0 Å². The van der Waals surface area contributed by atoms with E-state index in [9.17, 15) is 4.39 Å². The molecule has 1 fully saturated rings. The molecule has 4 rings (SSSR count). The third kappa shape index (κ3) is 2.76. The number of ether oxygens (including phenoxy) is 1. The molecule has 1 atom stereocenters. The van der Waals surface area contributed by atoms with Crippen LogP contribution in [-0.4, -0.2) is 35.8 Å². The summed E-state index contributed by atoms with van der Waals surface area (Å²) in [5, 5.41) is 3.12. The van der Waals surface area contributed by atoms with Crippen molar-refractivity contribution in [2.75, 3.05) is 24.6 Å². The summed E-state index contributed by atoms with van der Waals surface area (Å²) in [5.41, 5.74) is 2.05. The van der Waals surface area contributed by atoms with Crippen LogP contribution in [0, 0.1) is 5.82 Å². The Bertz CT molecular complexity index is 849. The van der Waals surface area contributed by atoms with Gasteiger partial charge in [0.2, 0.25) is 0 Å². The van der Waals surface area contributed by atoms with Crippen LogP contribution in [0.15, 0.2) is 36.0 Å². The Hall–Kier alpha value is -2.05. The lowest BCUT2D eigenvalue weighted by Gasteiger charge is -2.33. The topological polar surface area (TPSA) is 38.2 Å². The van der Waals surface area contributed by atoms with Crippen LogP contribution in [-0.2, 0) is 4.74 Å². The van der Waals surface area contributed by atoms with Gasteiger partial charge in [0.05, 0.1) is 18.1 Å². The van der Waals surface area contributed by atoms with Gasteiger partial charge in [0, 0.05) is 24.0 Å². The molecule has 4 nitrogen and oxygen atoms in total. The van der Waals surface area contributed by atoms with Gasteiger partial charge in [-0.15, -0.1) is 11.3 Å². The number of nitrogens with zero attached hydrogens (tertiary/aromatic N) is 3. The molecule has 0 saturated carbocycles. The Kier molecular flexibility index (Phi) is 4.16. The molecule has 24 heavy (non-hydrogen) atoms. The number of morpholine rings is 1. The number of hydrogen-bond acceptors (Lipinski definition) is 5. The number of fused-ring (bicyclic) bond motifs is 1. The number of halogens is 1. The summed E-state index contributed by atoms with van der Waals surface area (Å²) >= 11 is 1.59. The lowest BCUT2D eigenvalue weighted by molar-refractivity contribution is 0.0382. The second-order valence-electron chi connectivity index (χ2n) is 5.88. The molecule has 0 aliphatic carbocycles. The number of thiophene rings is 1. The van der Waals surface area contributed by atoms with E-state index in [1.165, 1.54) is 12.1 Å². The molecule has 1 aliphatic heterocycles. The molecule has 0 bridgehead atoms. The minimum atomic E-state index is -0.228. The van der Waals surface area contributed by atoms with E-state index in [0.717, 1.165) is 46.7 Å². The zero-order valence-electron chi connectivity index (χ0n) is 13.4. The van der Waals surface area contributed by atoms with Gasteiger partial charge in [-0.2, -0.15) is 0 Å². The van der Waals surface area contributed by atoms with Gasteiger partial charge < -0.3 is 9.64 Å². The van der Waals surface area contributed by atoms with E-state index in [0.29, 0.717) is 6.61 Å². The Morgan fingerprint density at radius 1 is 1.29 bits per heavy atom. The molecule has 6 heteroatoms. The fourth-order valence-electron chi connectivity index (χ4n) is 3.10. The first-order valence-electron chi connectivity index (χ1n) is 8.11. The van der Waals surface area contributed by atoms with Crippen LogP contribution in [0.3, 0.4) is 0 Å². The Balaban J connectivity index is 1.81. The summed E-state index contributed by atoms with van der Waals surface area (Å²) in [5.74, 6) is 0.719. The third-order valence-electron chi connectivity index (χ3n) is 4.40. The molecule has 3 heterocycles. The van der Waals surface area contributed by atoms with Crippen LogP contribution in [0.1, 0.15) is 13.3 Å². The van der Waals surface area contributed by atoms with Gasteiger partial charge in [0.25, 0.3) is 0 Å². The highest BCUT2D eigenvalue weighted by molar-refractivity contribution is 7.17. The van der Waals surface area contributed by atoms with Gasteiger partial charge in [-0.3, -0.25) is 0 Å². The quantitative estimate of drug-likeness (QED) is 0.717. The highest BCUT2D eigenvalue weighted by atomic mass is 32.1. The predicted molar refractivity (Wildman–Crippen MR) is 95.1 cm³/mol. The summed E-state index contributed by atoms with van der Waals surface area (Å²) < 4.78 is 19.0. The second-order valence-corrected chi connectivity index (χ2v) is 6.74. The fourth-order valence-corrected chi connectivity index (χ4v) is 4.01. The van der Waals surface area contributed by atoms with E-state index in [1.54, 1.807) is 17.7 Å². The maximum Gasteiger partial charge on any atom is 0.141 e. The minimum Gasteiger partial charge on any atom is -0.375 e. The van der Waals surface area contributed by atoms with Gasteiger partial charge in [-0.1, -0.05) is 19.1 Å². The molecule has 0 N–H and O–H groups in total. The molecule has 2 aromatic heterocycles. The number of hydrogen-bond donors (Lipinski definition) is 0. The van der Waals surface area contributed by atoms with E-state index < -0.39 is 0 Å². The van der Waals surface area contributed by atoms with E-state index >= 15 is 0 Å². The van der Waals surface area contributed by atoms with Crippen molar-refractivity contribution < 1.29 is 9.13 Å². The second kappa shape index (κ2) is 6.45. The van der Waals surface area contributed by atoms with Crippen molar-refractivity contribution in [3.8, 4) is 11.1 Å². The SMILES string of the molecule is CC[C@@H]1CN(c2ncnc3scc(-c4ccc(F)cc4)c23)CCO1. The number of benzene rings is 1. The Morgan fingerprint density at radius 3 is 2.92 bits per heavy atom. The summed E-state index contributed by atoms with van der Waals surface area (Å²) in [6, 6.07) is 6.60. The standard InChI is InChI=1S/C18H18FN3OS/c1-2-14-9-22(7-8-23-14)17-16-15(10-24-18(16)21-11-20-17)12-3-5-13(19)6-4-12/h3-6,10-11,14H,2,7-9H2,1H3/t14-/m1/s1. The zero-order valence-corrected chi connectivity index (χ0v) is 14.2. The van der Waals surface area contributed by atoms with E-state index in [4.69, 9.17) is 4.74 Å². The molecule has 0 amide bonds. The van der Waals surface area contributed by atoms with Crippen molar-refractivity contribution in [1.82, 2.24) is 9.97 Å². The lowest BCUT2D eigenvalue weighted by atomic mass is 10.1. The first kappa shape index (κ1) is 15.5. The van der Waals surface area contributed by atoms with Gasteiger partial charge in [0.15, 0.2) is 0 Å². The van der Waals surface area contributed by atoms with Crippen LogP contribution in [0.25, 0.3) is 21.3 Å². The Morgan fingerprint density at radius 2 is 2.12 bits per heavy atom. The van der Waals surface area contributed by atoms with E-state index in [2.05, 4.69) is 27.2 Å². The van der Waals surface area contributed by atoms with Crippen LogP contribution >= 0.6 is 11.3 Å². The summed E-state index contributed by atoms with van der Waals surface area (Å²) in [6.07, 6.45) is 2.84. The monoisotopic (exact) mass is 343 g/mol. The summed E-state index contributed by atoms with van der Waals surface area (Å²) in [7, 11) is 0. The van der Waals surface area contributed by atoms with E-state index in [1.807, 2.05) is 12.1 Å². The number of rotatable bonds is 3. The molecule has 1 aromatic carbocycles. The molecule has 0 unspecified atom stereocenters. The smallest absolute Gasteiger partial charge is 0.141 e. The van der Waals surface area contributed by atoms with Crippen molar-refractivity contribution >= 4 is 27.4 Å². The lowest BCUT2D eigenvalue weighted by Crippen LogP contribution is -2.42. The normalized spacial score (nSPS) is 18.2. The molecule has 0 radical (unpaired) electrons. The van der Waals surface area contributed by atoms with E-state index in [-0.39, 0.29) is 11.9 Å². The molecule has 3 aromatic rings. The molecule has 1 saturated heterocycles. The molecule has 1 aliphatic rings. The fraction of sp³-hybridized carbons (Fsp3) is 0.333. The van der Waals surface area contributed by atoms with Crippen molar-refractivity contribution in [2.45, 2.75) is 19.4 Å². The minimum absolute atomic E-state index is 0.228. The largest absolute Gasteiger partial charge is 0.375 e. The summed E-state index contributed by atoms with van der Waals surface area (Å²) in [4.78, 5) is 12.2. The third-order valence-corrected chi connectivity index (χ3v) is 5.29. The predicted octanol–water partition coefficient (Wildman–Crippen LogP) is 4.11. The summed E-state index contributed by atoms with van der Waals surface area (Å²) in [6.45, 7) is 4.50. The molecule has 124 valence electrons. The first-order chi connectivity index (χ1) is 11.8. The Labute approximate surface area is 143 Å². The molecular weight excluding hydrogens is 325 g/mol. The highest BCUT2D eigenvalue weighted by Crippen LogP contribution is 2.38. The van der Waals surface area contributed by atoms with Crippen LogP contribution < -0.4 is 4.90 Å². The van der Waals surface area contributed by atoms with Crippen LogP contribution in [0.4, 0.5) is 10.2 Å². The highest BCUT2D eigenvalue weighted by Gasteiger charge is 2.23. The van der Waals surface area contributed by atoms with Crippen molar-refractivity contribution in [2.24, 2.45) is 0 Å². The van der Waals surface area contributed by atoms with Gasteiger partial charge in [-0.05, 0) is 24.1 Å². The maximum atomic E-state index is 13.3. The average molecular weight is 343 g/mol. The maximum absolute atomic E-state index is 13.3. The van der Waals surface area contributed by atoms with Gasteiger partial charge in [-0.25, -0.2) is 14.4 Å². The van der Waals surface area contributed by atoms with Gasteiger partial charge in [0.1, 0.15) is 22.8 Å².